The quantitative estimate of drug-likeness (QED) is 0.738. The Morgan fingerprint density at radius 2 is 1.88 bits per heavy atom. The zero-order valence-corrected chi connectivity index (χ0v) is 15.0. The second kappa shape index (κ2) is 9.52. The second-order valence-electron chi connectivity index (χ2n) is 6.15. The molecule has 0 aliphatic rings. The molecular formula is C21H25NO3. The van der Waals surface area contributed by atoms with Crippen LogP contribution in [0.4, 0.5) is 0 Å². The predicted octanol–water partition coefficient (Wildman–Crippen LogP) is 4.06. The van der Waals surface area contributed by atoms with Gasteiger partial charge in [0.1, 0.15) is 0 Å². The van der Waals surface area contributed by atoms with E-state index < -0.39 is 0 Å². The molecule has 0 radical (unpaired) electrons. The van der Waals surface area contributed by atoms with Crippen LogP contribution in [0.2, 0.25) is 0 Å². The molecule has 0 aliphatic heterocycles. The van der Waals surface area contributed by atoms with Crippen LogP contribution in [0.3, 0.4) is 0 Å². The number of carbonyl (C=O) groups is 1. The molecule has 2 aromatic rings. The van der Waals surface area contributed by atoms with E-state index in [1.54, 1.807) is 13.2 Å². The lowest BCUT2D eigenvalue weighted by Gasteiger charge is -2.12. The van der Waals surface area contributed by atoms with Gasteiger partial charge in [-0.05, 0) is 35.3 Å². The Labute approximate surface area is 149 Å². The molecule has 0 unspecified atom stereocenters. The number of methoxy groups -OCH3 is 1. The smallest absolute Gasteiger partial charge is 0.244 e. The summed E-state index contributed by atoms with van der Waals surface area (Å²) in [6.45, 7) is 5.33. The van der Waals surface area contributed by atoms with Gasteiger partial charge in [-0.1, -0.05) is 50.2 Å². The lowest BCUT2D eigenvalue weighted by molar-refractivity contribution is -0.116. The molecule has 0 saturated carbocycles. The first-order valence-electron chi connectivity index (χ1n) is 8.39. The number of carbonyl (C=O) groups excluding carboxylic acids is 1. The van der Waals surface area contributed by atoms with Crippen molar-refractivity contribution in [2.24, 2.45) is 5.92 Å². The molecule has 2 rings (SSSR count). The van der Waals surface area contributed by atoms with Crippen LogP contribution in [-0.2, 0) is 11.3 Å². The van der Waals surface area contributed by atoms with E-state index in [0.717, 1.165) is 11.1 Å². The van der Waals surface area contributed by atoms with Crippen LogP contribution in [0.1, 0.15) is 25.0 Å². The molecule has 4 heteroatoms. The number of nitrogens with one attached hydrogen (secondary N) is 1. The van der Waals surface area contributed by atoms with Crippen molar-refractivity contribution in [1.29, 1.82) is 0 Å². The zero-order chi connectivity index (χ0) is 18.1. The first-order valence-corrected chi connectivity index (χ1v) is 8.39. The highest BCUT2D eigenvalue weighted by Crippen LogP contribution is 2.28. The fourth-order valence-corrected chi connectivity index (χ4v) is 2.18. The summed E-state index contributed by atoms with van der Waals surface area (Å²) in [4.78, 5) is 11.9. The van der Waals surface area contributed by atoms with E-state index in [1.807, 2.05) is 48.5 Å². The minimum absolute atomic E-state index is 0.136. The monoisotopic (exact) mass is 339 g/mol. The Kier molecular flexibility index (Phi) is 7.08. The van der Waals surface area contributed by atoms with Gasteiger partial charge in [0.25, 0.3) is 0 Å². The van der Waals surface area contributed by atoms with Crippen molar-refractivity contribution < 1.29 is 14.3 Å². The summed E-state index contributed by atoms with van der Waals surface area (Å²) in [7, 11) is 1.61. The third kappa shape index (κ3) is 6.34. The molecule has 0 atom stereocenters. The highest BCUT2D eigenvalue weighted by Gasteiger charge is 2.06. The first-order chi connectivity index (χ1) is 12.1. The minimum Gasteiger partial charge on any atom is -0.493 e. The number of rotatable bonds is 8. The molecule has 0 bridgehead atoms. The molecule has 2 aromatic carbocycles. The first kappa shape index (κ1) is 18.6. The van der Waals surface area contributed by atoms with Crippen LogP contribution in [0.25, 0.3) is 6.08 Å². The summed E-state index contributed by atoms with van der Waals surface area (Å²) in [5.41, 5.74) is 1.95. The third-order valence-electron chi connectivity index (χ3n) is 3.50. The topological polar surface area (TPSA) is 47.6 Å². The van der Waals surface area contributed by atoms with Crippen LogP contribution < -0.4 is 14.8 Å². The average Bonchev–Trinajstić information content (AvgIpc) is 2.64. The largest absolute Gasteiger partial charge is 0.493 e. The third-order valence-corrected chi connectivity index (χ3v) is 3.50. The van der Waals surface area contributed by atoms with Crippen LogP contribution in [0.15, 0.2) is 54.6 Å². The van der Waals surface area contributed by atoms with Gasteiger partial charge in [0.05, 0.1) is 13.7 Å². The van der Waals surface area contributed by atoms with Crippen molar-refractivity contribution in [3.8, 4) is 11.5 Å². The Bertz CT molecular complexity index is 708. The second-order valence-corrected chi connectivity index (χ2v) is 6.15. The van der Waals surface area contributed by atoms with Crippen LogP contribution in [-0.4, -0.2) is 19.6 Å². The van der Waals surface area contributed by atoms with E-state index in [9.17, 15) is 4.79 Å². The molecule has 1 amide bonds. The Hall–Kier alpha value is -2.75. The van der Waals surface area contributed by atoms with Crippen molar-refractivity contribution in [1.82, 2.24) is 5.32 Å². The van der Waals surface area contributed by atoms with Gasteiger partial charge in [-0.3, -0.25) is 4.79 Å². The van der Waals surface area contributed by atoms with Gasteiger partial charge in [0.15, 0.2) is 11.5 Å². The maximum absolute atomic E-state index is 11.9. The standard InChI is InChI=1S/C21H25NO3/c1-16(2)15-25-19-11-9-17(13-20(19)24-3)10-12-21(23)22-14-18-7-5-4-6-8-18/h4-13,16H,14-15H2,1-3H3,(H,22,23)/b12-10+. The number of ether oxygens (including phenoxy) is 2. The summed E-state index contributed by atoms with van der Waals surface area (Å²) in [6.07, 6.45) is 3.28. The molecule has 0 aromatic heterocycles. The summed E-state index contributed by atoms with van der Waals surface area (Å²) >= 11 is 0. The predicted molar refractivity (Wildman–Crippen MR) is 101 cm³/mol. The number of hydrogen-bond acceptors (Lipinski definition) is 3. The number of hydrogen-bond donors (Lipinski definition) is 1. The molecular weight excluding hydrogens is 314 g/mol. The van der Waals surface area contributed by atoms with Crippen molar-refractivity contribution in [3.63, 3.8) is 0 Å². The number of amides is 1. The normalized spacial score (nSPS) is 10.9. The Balaban J connectivity index is 1.94. The molecule has 0 saturated heterocycles. The van der Waals surface area contributed by atoms with Crippen LogP contribution >= 0.6 is 0 Å². The zero-order valence-electron chi connectivity index (χ0n) is 15.0. The van der Waals surface area contributed by atoms with Gasteiger partial charge in [-0.2, -0.15) is 0 Å². The summed E-state index contributed by atoms with van der Waals surface area (Å²) in [5, 5.41) is 2.86. The molecule has 132 valence electrons. The minimum atomic E-state index is -0.136. The van der Waals surface area contributed by atoms with Crippen LogP contribution in [0, 0.1) is 5.92 Å². The highest BCUT2D eigenvalue weighted by atomic mass is 16.5. The average molecular weight is 339 g/mol. The van der Waals surface area contributed by atoms with Gasteiger partial charge < -0.3 is 14.8 Å². The summed E-state index contributed by atoms with van der Waals surface area (Å²) < 4.78 is 11.1. The van der Waals surface area contributed by atoms with Gasteiger partial charge in [-0.15, -0.1) is 0 Å². The van der Waals surface area contributed by atoms with E-state index in [2.05, 4.69) is 19.2 Å². The summed E-state index contributed by atoms with van der Waals surface area (Å²) in [6, 6.07) is 15.4. The van der Waals surface area contributed by atoms with Gasteiger partial charge in [0.2, 0.25) is 5.91 Å². The van der Waals surface area contributed by atoms with Crippen molar-refractivity contribution >= 4 is 12.0 Å². The number of benzene rings is 2. The molecule has 0 spiro atoms. The van der Waals surface area contributed by atoms with E-state index >= 15 is 0 Å². The fourth-order valence-electron chi connectivity index (χ4n) is 2.18. The van der Waals surface area contributed by atoms with Gasteiger partial charge in [0, 0.05) is 12.6 Å². The van der Waals surface area contributed by atoms with Crippen LogP contribution in [0.5, 0.6) is 11.5 Å². The van der Waals surface area contributed by atoms with E-state index in [-0.39, 0.29) is 5.91 Å². The molecule has 0 heterocycles. The lowest BCUT2D eigenvalue weighted by atomic mass is 10.1. The lowest BCUT2D eigenvalue weighted by Crippen LogP contribution is -2.20. The van der Waals surface area contributed by atoms with E-state index in [4.69, 9.17) is 9.47 Å². The molecule has 4 nitrogen and oxygen atoms in total. The molecule has 1 N–H and O–H groups in total. The molecule has 25 heavy (non-hydrogen) atoms. The van der Waals surface area contributed by atoms with E-state index in [0.29, 0.717) is 30.6 Å². The maximum Gasteiger partial charge on any atom is 0.244 e. The highest BCUT2D eigenvalue weighted by molar-refractivity contribution is 5.91. The van der Waals surface area contributed by atoms with Gasteiger partial charge in [-0.25, -0.2) is 0 Å². The Morgan fingerprint density at radius 3 is 2.56 bits per heavy atom. The van der Waals surface area contributed by atoms with E-state index in [1.165, 1.54) is 6.08 Å². The maximum atomic E-state index is 11.9. The van der Waals surface area contributed by atoms with Crippen molar-refractivity contribution in [3.05, 3.63) is 65.7 Å². The molecule has 0 aliphatic carbocycles. The molecule has 0 fully saturated rings. The fraction of sp³-hybridized carbons (Fsp3) is 0.286. The van der Waals surface area contributed by atoms with Gasteiger partial charge >= 0.3 is 0 Å². The summed E-state index contributed by atoms with van der Waals surface area (Å²) in [5.74, 6) is 1.68. The Morgan fingerprint density at radius 1 is 1.12 bits per heavy atom. The SMILES string of the molecule is COc1cc(/C=C/C(=O)NCc2ccccc2)ccc1OCC(C)C. The van der Waals surface area contributed by atoms with Crippen molar-refractivity contribution in [2.75, 3.05) is 13.7 Å². The van der Waals surface area contributed by atoms with Crippen molar-refractivity contribution in [2.45, 2.75) is 20.4 Å².